The van der Waals surface area contributed by atoms with Crippen LogP contribution in [0.25, 0.3) is 15.7 Å². The number of nitrogens with zero attached hydrogens (tertiary/aromatic N) is 6. The van der Waals surface area contributed by atoms with E-state index in [0.717, 1.165) is 36.8 Å². The fraction of sp³-hybridized carbons (Fsp3) is 0.324. The molecule has 0 bridgehead atoms. The summed E-state index contributed by atoms with van der Waals surface area (Å²) in [6, 6.07) is 16.5. The average molecular weight is 668 g/mol. The van der Waals surface area contributed by atoms with Crippen molar-refractivity contribution in [2.75, 3.05) is 5.32 Å². The molecule has 1 unspecified atom stereocenters. The molecule has 5 aromatic rings. The standard InChI is InChI=1S/C34H33N7O4S2/c1-34(2)30(45-33(46)40-18-17-36-21-40)24-19-23(13-14-28(24)47(34,42)43)38-31-29-27(41(39-31)26-12-8-7-11-25(26)35-3)15-16-37-32(29)44-20-22-9-5-4-6-10-22/h4-6,9-10,13-19,21,25-26,30H,7-8,11-12,20H2,1-2H3,(H,38,39)/t25-,26-,30?/m0/s1. The van der Waals surface area contributed by atoms with E-state index in [-0.39, 0.29) is 22.2 Å². The van der Waals surface area contributed by atoms with E-state index in [4.69, 9.17) is 33.4 Å². The van der Waals surface area contributed by atoms with Gasteiger partial charge in [0.1, 0.15) is 35.2 Å². The molecular formula is C34H33N7O4S2. The number of sulfone groups is 1. The lowest BCUT2D eigenvalue weighted by molar-refractivity contribution is 0.156. The van der Waals surface area contributed by atoms with Gasteiger partial charge < -0.3 is 19.6 Å². The van der Waals surface area contributed by atoms with Crippen LogP contribution in [0.5, 0.6) is 5.88 Å². The summed E-state index contributed by atoms with van der Waals surface area (Å²) in [7, 11) is -3.75. The Morgan fingerprint density at radius 3 is 2.70 bits per heavy atom. The lowest BCUT2D eigenvalue weighted by Gasteiger charge is -2.27. The molecule has 1 fully saturated rings. The molecule has 3 atom stereocenters. The molecule has 1 aliphatic carbocycles. The van der Waals surface area contributed by atoms with Crippen molar-refractivity contribution < 1.29 is 17.9 Å². The van der Waals surface area contributed by atoms with E-state index in [1.165, 1.54) is 10.9 Å². The van der Waals surface area contributed by atoms with E-state index in [1.807, 2.05) is 41.1 Å². The van der Waals surface area contributed by atoms with Gasteiger partial charge in [0.2, 0.25) is 11.9 Å². The molecule has 2 aromatic carbocycles. The van der Waals surface area contributed by atoms with Gasteiger partial charge in [0.25, 0.3) is 5.17 Å². The number of benzene rings is 2. The minimum atomic E-state index is -3.75. The summed E-state index contributed by atoms with van der Waals surface area (Å²) in [5.74, 6) is 0.906. The number of hydrogen-bond donors (Lipinski definition) is 1. The van der Waals surface area contributed by atoms with Gasteiger partial charge >= 0.3 is 0 Å². The van der Waals surface area contributed by atoms with E-state index in [0.29, 0.717) is 34.9 Å². The van der Waals surface area contributed by atoms with Crippen LogP contribution in [-0.2, 0) is 21.2 Å². The Morgan fingerprint density at radius 2 is 1.94 bits per heavy atom. The molecule has 4 heterocycles. The van der Waals surface area contributed by atoms with Gasteiger partial charge in [-0.2, -0.15) is 5.10 Å². The third kappa shape index (κ3) is 5.41. The quantitative estimate of drug-likeness (QED) is 0.148. The Kier molecular flexibility index (Phi) is 7.93. The van der Waals surface area contributed by atoms with E-state index < -0.39 is 20.7 Å². The van der Waals surface area contributed by atoms with Crippen LogP contribution in [0.2, 0.25) is 0 Å². The molecule has 0 saturated heterocycles. The molecule has 1 N–H and O–H groups in total. The Morgan fingerprint density at radius 1 is 1.13 bits per heavy atom. The normalized spacial score (nSPS) is 21.1. The zero-order valence-electron chi connectivity index (χ0n) is 25.9. The molecule has 0 amide bonds. The Bertz CT molecular complexity index is 2110. The van der Waals surface area contributed by atoms with Crippen LogP contribution in [0.15, 0.2) is 84.4 Å². The third-order valence-corrected chi connectivity index (χ3v) is 11.9. The van der Waals surface area contributed by atoms with Gasteiger partial charge in [0.05, 0.1) is 10.4 Å². The van der Waals surface area contributed by atoms with Gasteiger partial charge in [-0.1, -0.05) is 36.8 Å². The number of fused-ring (bicyclic) bond motifs is 2. The molecule has 3 aromatic heterocycles. The van der Waals surface area contributed by atoms with Crippen molar-refractivity contribution in [3.63, 3.8) is 0 Å². The highest BCUT2D eigenvalue weighted by molar-refractivity contribution is 7.93. The van der Waals surface area contributed by atoms with Gasteiger partial charge in [-0.25, -0.2) is 25.0 Å². The number of anilines is 2. The summed E-state index contributed by atoms with van der Waals surface area (Å²) in [5, 5.41) is 9.25. The molecule has 1 saturated carbocycles. The van der Waals surface area contributed by atoms with Crippen molar-refractivity contribution in [3.05, 3.63) is 102 Å². The number of hydrogen-bond acceptors (Lipinski definition) is 9. The lowest BCUT2D eigenvalue weighted by atomic mass is 9.91. The summed E-state index contributed by atoms with van der Waals surface area (Å²) in [6.07, 6.45) is 9.25. The van der Waals surface area contributed by atoms with Gasteiger partial charge in [0.15, 0.2) is 15.7 Å². The third-order valence-electron chi connectivity index (χ3n) is 9.08. The number of imidazole rings is 1. The molecule has 11 nitrogen and oxygen atoms in total. The van der Waals surface area contributed by atoms with Crippen LogP contribution in [0.4, 0.5) is 11.5 Å². The molecule has 1 aliphatic heterocycles. The largest absolute Gasteiger partial charge is 0.472 e. The number of thiocarbonyl (C=S) groups is 1. The summed E-state index contributed by atoms with van der Waals surface area (Å²) in [4.78, 5) is 12.8. The van der Waals surface area contributed by atoms with Crippen molar-refractivity contribution >= 4 is 49.6 Å². The van der Waals surface area contributed by atoms with Gasteiger partial charge in [-0.3, -0.25) is 9.25 Å². The zero-order chi connectivity index (χ0) is 32.8. The van der Waals surface area contributed by atoms with Crippen LogP contribution >= 0.6 is 12.2 Å². The molecule has 47 heavy (non-hydrogen) atoms. The second-order valence-corrected chi connectivity index (χ2v) is 15.2. The Balaban J connectivity index is 1.30. The molecule has 240 valence electrons. The van der Waals surface area contributed by atoms with Crippen molar-refractivity contribution in [1.82, 2.24) is 24.3 Å². The highest BCUT2D eigenvalue weighted by Crippen LogP contribution is 2.50. The first-order chi connectivity index (χ1) is 22.7. The highest BCUT2D eigenvalue weighted by atomic mass is 32.2. The zero-order valence-corrected chi connectivity index (χ0v) is 27.5. The smallest absolute Gasteiger partial charge is 0.269 e. The van der Waals surface area contributed by atoms with Crippen LogP contribution in [-0.4, -0.2) is 48.7 Å². The maximum atomic E-state index is 13.7. The average Bonchev–Trinajstić information content (AvgIpc) is 3.78. The fourth-order valence-electron chi connectivity index (χ4n) is 6.51. The topological polar surface area (TPSA) is 118 Å². The molecule has 0 radical (unpaired) electrons. The SMILES string of the molecule is [C-]#[N+][C@H]1CCCC[C@@H]1n1nc(Nc2ccc3c(c2)C(OC(=S)n2ccnc2)C(C)(C)S3(=O)=O)c2c(OCc3ccccc3)nccc21. The summed E-state index contributed by atoms with van der Waals surface area (Å²) in [6.45, 7) is 11.5. The number of ether oxygens (including phenoxy) is 2. The van der Waals surface area contributed by atoms with E-state index in [1.54, 1.807) is 50.6 Å². The van der Waals surface area contributed by atoms with E-state index in [2.05, 4.69) is 20.1 Å². The van der Waals surface area contributed by atoms with Crippen molar-refractivity contribution in [1.29, 1.82) is 0 Å². The second-order valence-electron chi connectivity index (χ2n) is 12.3. The predicted octanol–water partition coefficient (Wildman–Crippen LogP) is 6.81. The van der Waals surface area contributed by atoms with Crippen LogP contribution < -0.4 is 10.1 Å². The minimum absolute atomic E-state index is 0.0971. The van der Waals surface area contributed by atoms with E-state index in [9.17, 15) is 8.42 Å². The molecule has 0 spiro atoms. The summed E-state index contributed by atoms with van der Waals surface area (Å²) < 4.78 is 42.0. The maximum absolute atomic E-state index is 13.7. The number of aromatic nitrogens is 5. The minimum Gasteiger partial charge on any atom is -0.472 e. The second kappa shape index (κ2) is 12.1. The molecular weight excluding hydrogens is 635 g/mol. The van der Waals surface area contributed by atoms with E-state index >= 15 is 0 Å². The predicted molar refractivity (Wildman–Crippen MR) is 181 cm³/mol. The summed E-state index contributed by atoms with van der Waals surface area (Å²) >= 11 is 5.50. The summed E-state index contributed by atoms with van der Waals surface area (Å²) in [5.41, 5.74) is 2.90. The Labute approximate surface area is 278 Å². The monoisotopic (exact) mass is 667 g/mol. The van der Waals surface area contributed by atoms with Crippen molar-refractivity contribution in [2.45, 2.75) is 74.0 Å². The van der Waals surface area contributed by atoms with Gasteiger partial charge in [0, 0.05) is 36.3 Å². The van der Waals surface area contributed by atoms with Crippen molar-refractivity contribution in [2.24, 2.45) is 0 Å². The first kappa shape index (κ1) is 30.8. The number of nitrogens with one attached hydrogen (secondary N) is 1. The molecule has 13 heteroatoms. The fourth-order valence-corrected chi connectivity index (χ4v) is 8.46. The van der Waals surface area contributed by atoms with Crippen LogP contribution in [0.1, 0.15) is 62.8 Å². The first-order valence-electron chi connectivity index (χ1n) is 15.4. The van der Waals surface area contributed by atoms with Crippen LogP contribution in [0, 0.1) is 6.57 Å². The highest BCUT2D eigenvalue weighted by Gasteiger charge is 2.54. The molecule has 7 rings (SSSR count). The number of pyridine rings is 1. The van der Waals surface area contributed by atoms with Crippen molar-refractivity contribution in [3.8, 4) is 5.88 Å². The van der Waals surface area contributed by atoms with Gasteiger partial charge in [-0.15, -0.1) is 0 Å². The lowest BCUT2D eigenvalue weighted by Crippen LogP contribution is -2.35. The molecule has 2 aliphatic rings. The maximum Gasteiger partial charge on any atom is 0.269 e. The van der Waals surface area contributed by atoms with Gasteiger partial charge in [-0.05, 0) is 68.7 Å². The first-order valence-corrected chi connectivity index (χ1v) is 17.3. The number of rotatable bonds is 7. The Hall–Kier alpha value is -4.80. The van der Waals surface area contributed by atoms with Crippen LogP contribution in [0.3, 0.4) is 0 Å².